The monoisotopic (exact) mass is 305 g/mol. The lowest BCUT2D eigenvalue weighted by Gasteiger charge is -2.21. The van der Waals surface area contributed by atoms with Gasteiger partial charge in [-0.1, -0.05) is 29.8 Å². The zero-order chi connectivity index (χ0) is 13.2. The maximum Gasteiger partial charge on any atom is 0.350 e. The van der Waals surface area contributed by atoms with E-state index in [4.69, 9.17) is 0 Å². The van der Waals surface area contributed by atoms with Crippen molar-refractivity contribution < 1.29 is 4.92 Å². The van der Waals surface area contributed by atoms with Gasteiger partial charge in [-0.25, -0.2) is 4.79 Å². The number of aromatic amines is 1. The van der Waals surface area contributed by atoms with Gasteiger partial charge >= 0.3 is 16.9 Å². The highest BCUT2D eigenvalue weighted by molar-refractivity contribution is 9.09. The quantitative estimate of drug-likeness (QED) is 0.507. The van der Waals surface area contributed by atoms with E-state index in [0.717, 1.165) is 10.8 Å². The normalized spacial score (nSPS) is 11.5. The molecule has 1 aromatic rings. The summed E-state index contributed by atoms with van der Waals surface area (Å²) >= 11 is 3.29. The Morgan fingerprint density at radius 3 is 2.59 bits per heavy atom. The summed E-state index contributed by atoms with van der Waals surface area (Å²) in [6, 6.07) is 0. The van der Waals surface area contributed by atoms with E-state index in [2.05, 4.69) is 15.9 Å². The van der Waals surface area contributed by atoms with Crippen LogP contribution in [-0.2, 0) is 6.54 Å². The summed E-state index contributed by atoms with van der Waals surface area (Å²) in [5.74, 6) is 0. The first-order valence-corrected chi connectivity index (χ1v) is 5.93. The third-order valence-corrected chi connectivity index (χ3v) is 3.67. The molecule has 0 aromatic carbocycles. The molecule has 0 bridgehead atoms. The Hall–Kier alpha value is -1.44. The van der Waals surface area contributed by atoms with E-state index in [1.165, 1.54) is 0 Å². The topological polar surface area (TPSA) is 98.0 Å². The second kappa shape index (κ2) is 4.82. The second-order valence-corrected chi connectivity index (χ2v) is 5.02. The maximum atomic E-state index is 11.5. The molecule has 0 atom stereocenters. The molecule has 0 spiro atoms. The minimum atomic E-state index is -0.979. The summed E-state index contributed by atoms with van der Waals surface area (Å²) < 4.78 is 1.14. The Morgan fingerprint density at radius 2 is 2.12 bits per heavy atom. The van der Waals surface area contributed by atoms with Gasteiger partial charge in [0.05, 0.1) is 11.1 Å². The second-order valence-electron chi connectivity index (χ2n) is 4.46. The number of hydrogen-bond acceptors (Lipinski definition) is 4. The molecule has 1 heterocycles. The number of rotatable bonds is 4. The number of alkyl halides is 1. The van der Waals surface area contributed by atoms with Crippen LogP contribution in [0.25, 0.3) is 0 Å². The predicted octanol–water partition coefficient (Wildman–Crippen LogP) is 0.866. The summed E-state index contributed by atoms with van der Waals surface area (Å²) in [4.78, 5) is 34.3. The fraction of sp³-hybridized carbons (Fsp3) is 0.556. The number of aromatic nitrogens is 2. The zero-order valence-electron chi connectivity index (χ0n) is 9.40. The molecule has 1 N–H and O–H groups in total. The lowest BCUT2D eigenvalue weighted by Crippen LogP contribution is -2.35. The molecular weight excluding hydrogens is 294 g/mol. The Bertz CT molecular complexity index is 546. The van der Waals surface area contributed by atoms with Crippen molar-refractivity contribution in [3.05, 3.63) is 37.1 Å². The molecule has 7 nitrogen and oxygen atoms in total. The van der Waals surface area contributed by atoms with Gasteiger partial charge in [-0.15, -0.1) is 0 Å². The van der Waals surface area contributed by atoms with E-state index in [1.807, 2.05) is 18.8 Å². The first-order valence-electron chi connectivity index (χ1n) is 4.81. The summed E-state index contributed by atoms with van der Waals surface area (Å²) in [6.07, 6.45) is 0.978. The lowest BCUT2D eigenvalue weighted by atomic mass is 9.97. The molecule has 94 valence electrons. The van der Waals surface area contributed by atoms with Crippen LogP contribution in [0.15, 0.2) is 15.8 Å². The number of halogens is 1. The standard InChI is InChI=1S/C9H12BrN3O4/c1-9(2,4-10)5-12-3-6(13(16)17)7(14)11-8(12)15/h3H,4-5H2,1-2H3,(H,11,14,15). The van der Waals surface area contributed by atoms with Gasteiger partial charge in [-0.05, 0) is 5.41 Å². The van der Waals surface area contributed by atoms with Crippen molar-refractivity contribution in [3.8, 4) is 0 Å². The van der Waals surface area contributed by atoms with Crippen LogP contribution in [-0.4, -0.2) is 19.8 Å². The van der Waals surface area contributed by atoms with Crippen molar-refractivity contribution >= 4 is 21.6 Å². The van der Waals surface area contributed by atoms with Gasteiger partial charge in [0.1, 0.15) is 0 Å². The Morgan fingerprint density at radius 1 is 1.53 bits per heavy atom. The fourth-order valence-corrected chi connectivity index (χ4v) is 1.43. The Labute approximate surface area is 105 Å². The fourth-order valence-electron chi connectivity index (χ4n) is 1.25. The maximum absolute atomic E-state index is 11.5. The molecule has 0 radical (unpaired) electrons. The molecule has 0 amide bonds. The molecule has 17 heavy (non-hydrogen) atoms. The molecule has 0 aliphatic heterocycles. The van der Waals surface area contributed by atoms with E-state index in [-0.39, 0.29) is 12.0 Å². The number of hydrogen-bond donors (Lipinski definition) is 1. The largest absolute Gasteiger partial charge is 0.350 e. The van der Waals surface area contributed by atoms with Crippen molar-refractivity contribution in [2.45, 2.75) is 20.4 Å². The minimum Gasteiger partial charge on any atom is -0.293 e. The van der Waals surface area contributed by atoms with E-state index in [0.29, 0.717) is 5.33 Å². The van der Waals surface area contributed by atoms with Gasteiger partial charge < -0.3 is 0 Å². The van der Waals surface area contributed by atoms with Gasteiger partial charge in [0, 0.05) is 11.9 Å². The van der Waals surface area contributed by atoms with Crippen molar-refractivity contribution in [2.75, 3.05) is 5.33 Å². The third-order valence-electron chi connectivity index (χ3n) is 2.15. The summed E-state index contributed by atoms with van der Waals surface area (Å²) in [5.41, 5.74) is -2.51. The van der Waals surface area contributed by atoms with E-state index < -0.39 is 21.9 Å². The van der Waals surface area contributed by atoms with Gasteiger partial charge in [0.15, 0.2) is 0 Å². The van der Waals surface area contributed by atoms with Crippen molar-refractivity contribution in [1.29, 1.82) is 0 Å². The smallest absolute Gasteiger partial charge is 0.293 e. The zero-order valence-corrected chi connectivity index (χ0v) is 11.0. The minimum absolute atomic E-state index is 0.254. The highest BCUT2D eigenvalue weighted by Gasteiger charge is 2.21. The van der Waals surface area contributed by atoms with E-state index in [9.17, 15) is 19.7 Å². The molecule has 0 aliphatic rings. The van der Waals surface area contributed by atoms with Crippen molar-refractivity contribution in [2.24, 2.45) is 5.41 Å². The summed E-state index contributed by atoms with van der Waals surface area (Å²) in [6.45, 7) is 4.06. The van der Waals surface area contributed by atoms with Crippen LogP contribution < -0.4 is 11.2 Å². The molecule has 0 saturated carbocycles. The van der Waals surface area contributed by atoms with Crippen LogP contribution in [0.5, 0.6) is 0 Å². The Balaban J connectivity index is 3.27. The van der Waals surface area contributed by atoms with Gasteiger partial charge in [-0.3, -0.25) is 24.5 Å². The molecule has 1 aromatic heterocycles. The molecule has 0 unspecified atom stereocenters. The van der Waals surface area contributed by atoms with Crippen LogP contribution in [0.4, 0.5) is 5.69 Å². The highest BCUT2D eigenvalue weighted by Crippen LogP contribution is 2.20. The van der Waals surface area contributed by atoms with Gasteiger partial charge in [0.25, 0.3) is 0 Å². The number of nitrogens with one attached hydrogen (secondary N) is 1. The van der Waals surface area contributed by atoms with Crippen molar-refractivity contribution in [1.82, 2.24) is 9.55 Å². The highest BCUT2D eigenvalue weighted by atomic mass is 79.9. The van der Waals surface area contributed by atoms with Crippen LogP contribution in [0, 0.1) is 15.5 Å². The third kappa shape index (κ3) is 3.26. The number of nitrogens with zero attached hydrogens (tertiary/aromatic N) is 2. The SMILES string of the molecule is CC(C)(CBr)Cn1cc([N+](=O)[O-])c(=O)[nH]c1=O. The van der Waals surface area contributed by atoms with Gasteiger partial charge in [0.2, 0.25) is 0 Å². The lowest BCUT2D eigenvalue weighted by molar-refractivity contribution is -0.386. The first-order chi connectivity index (χ1) is 7.76. The summed E-state index contributed by atoms with van der Waals surface area (Å²) in [7, 11) is 0. The summed E-state index contributed by atoms with van der Waals surface area (Å²) in [5, 5.41) is 11.2. The molecule has 0 fully saturated rings. The average molecular weight is 306 g/mol. The molecule has 0 saturated heterocycles. The van der Waals surface area contributed by atoms with Crippen LogP contribution in [0.3, 0.4) is 0 Å². The van der Waals surface area contributed by atoms with Crippen LogP contribution >= 0.6 is 15.9 Å². The number of H-pyrrole nitrogens is 1. The Kier molecular flexibility index (Phi) is 3.87. The van der Waals surface area contributed by atoms with E-state index in [1.54, 1.807) is 0 Å². The van der Waals surface area contributed by atoms with Crippen LogP contribution in [0.1, 0.15) is 13.8 Å². The molecule has 1 rings (SSSR count). The van der Waals surface area contributed by atoms with Crippen molar-refractivity contribution in [3.63, 3.8) is 0 Å². The van der Waals surface area contributed by atoms with Gasteiger partial charge in [-0.2, -0.15) is 0 Å². The molecule has 8 heteroatoms. The molecule has 0 aliphatic carbocycles. The van der Waals surface area contributed by atoms with Crippen LogP contribution in [0.2, 0.25) is 0 Å². The predicted molar refractivity (Wildman–Crippen MR) is 65.6 cm³/mol. The molecular formula is C9H12BrN3O4. The van der Waals surface area contributed by atoms with E-state index >= 15 is 0 Å². The number of nitro groups is 1. The first kappa shape index (κ1) is 13.6. The average Bonchev–Trinajstić information content (AvgIpc) is 2.21.